The number of nitrogens with two attached hydrogens (primary N) is 1. The summed E-state index contributed by atoms with van der Waals surface area (Å²) in [5, 5.41) is 12.6. The number of nitrogens with zero attached hydrogens (tertiary/aromatic N) is 3. The molecule has 5 heteroatoms. The summed E-state index contributed by atoms with van der Waals surface area (Å²) in [5.41, 5.74) is 5.69. The van der Waals surface area contributed by atoms with E-state index in [9.17, 15) is 0 Å². The molecular formula is C7H10N5+. The number of hydrogen-bond acceptors (Lipinski definition) is 3. The standard InChI is InChI=1S/C7H10N5/c1-6(8)7(9)11-12-4-2-3-10-5-12/h2,4,8H,5H2,1H3,(H2,9,11)/q+1. The molecule has 5 nitrogen and oxygen atoms in total. The van der Waals surface area contributed by atoms with E-state index in [1.165, 1.54) is 0 Å². The van der Waals surface area contributed by atoms with Crippen molar-refractivity contribution < 1.29 is 0 Å². The smallest absolute Gasteiger partial charge is 0.357 e. The topological polar surface area (TPSA) is 69.8 Å². The van der Waals surface area contributed by atoms with Gasteiger partial charge in [-0.05, 0) is 6.92 Å². The van der Waals surface area contributed by atoms with Crippen molar-refractivity contribution in [1.29, 1.82) is 5.41 Å². The summed E-state index contributed by atoms with van der Waals surface area (Å²) in [6, 6.07) is 2.66. The van der Waals surface area contributed by atoms with Gasteiger partial charge < -0.3 is 11.1 Å². The molecule has 0 amide bonds. The molecule has 1 heterocycles. The van der Waals surface area contributed by atoms with Crippen LogP contribution in [0.5, 0.6) is 0 Å². The van der Waals surface area contributed by atoms with Gasteiger partial charge in [0.05, 0.1) is 11.8 Å². The fraction of sp³-hybridized carbons (Fsp3) is 0.286. The maximum absolute atomic E-state index is 7.17. The van der Waals surface area contributed by atoms with E-state index in [2.05, 4.69) is 16.0 Å². The van der Waals surface area contributed by atoms with E-state index in [1.54, 1.807) is 24.2 Å². The molecule has 0 unspecified atom stereocenters. The minimum absolute atomic E-state index is 0.205. The molecule has 12 heavy (non-hydrogen) atoms. The van der Waals surface area contributed by atoms with Gasteiger partial charge in [-0.25, -0.2) is 0 Å². The minimum atomic E-state index is 0.205. The van der Waals surface area contributed by atoms with E-state index < -0.39 is 0 Å². The zero-order valence-electron chi connectivity index (χ0n) is 6.78. The van der Waals surface area contributed by atoms with Crippen molar-refractivity contribution in [3.05, 3.63) is 17.1 Å². The van der Waals surface area contributed by atoms with Crippen LogP contribution in [0.15, 0.2) is 17.4 Å². The summed E-state index contributed by atoms with van der Waals surface area (Å²) in [6.07, 6.45) is 3.34. The Kier molecular flexibility index (Phi) is 2.43. The summed E-state index contributed by atoms with van der Waals surface area (Å²) < 4.78 is 0. The van der Waals surface area contributed by atoms with Crippen LogP contribution in [-0.2, 0) is 0 Å². The normalized spacial score (nSPS) is 15.4. The van der Waals surface area contributed by atoms with Gasteiger partial charge in [0, 0.05) is 6.20 Å². The molecule has 1 aliphatic heterocycles. The van der Waals surface area contributed by atoms with Crippen molar-refractivity contribution in [1.82, 2.24) is 5.01 Å². The van der Waals surface area contributed by atoms with Gasteiger partial charge in [-0.15, -0.1) is 5.10 Å². The molecule has 0 aromatic heterocycles. The molecular weight excluding hydrogens is 154 g/mol. The molecule has 1 rings (SSSR count). The first-order valence-corrected chi connectivity index (χ1v) is 3.45. The van der Waals surface area contributed by atoms with Crippen LogP contribution < -0.4 is 5.73 Å². The van der Waals surface area contributed by atoms with Gasteiger partial charge in [0.25, 0.3) is 0 Å². The zero-order chi connectivity index (χ0) is 8.97. The molecule has 0 radical (unpaired) electrons. The maximum atomic E-state index is 7.17. The molecule has 0 fully saturated rings. The van der Waals surface area contributed by atoms with Crippen molar-refractivity contribution in [3.63, 3.8) is 0 Å². The third kappa shape index (κ3) is 2.09. The van der Waals surface area contributed by atoms with E-state index in [0.29, 0.717) is 6.67 Å². The van der Waals surface area contributed by atoms with E-state index in [4.69, 9.17) is 11.1 Å². The molecule has 0 atom stereocenters. The summed E-state index contributed by atoms with van der Waals surface area (Å²) in [4.78, 5) is 3.83. The van der Waals surface area contributed by atoms with Crippen LogP contribution in [0.25, 0.3) is 4.85 Å². The van der Waals surface area contributed by atoms with Crippen molar-refractivity contribution in [3.8, 4) is 6.07 Å². The maximum Gasteiger partial charge on any atom is 0.357 e. The van der Waals surface area contributed by atoms with E-state index in [-0.39, 0.29) is 11.5 Å². The molecule has 0 bridgehead atoms. The average molecular weight is 164 g/mol. The highest BCUT2D eigenvalue weighted by Crippen LogP contribution is 1.96. The highest BCUT2D eigenvalue weighted by molar-refractivity contribution is 6.38. The molecule has 0 spiro atoms. The lowest BCUT2D eigenvalue weighted by Crippen LogP contribution is -2.25. The predicted molar refractivity (Wildman–Crippen MR) is 48.1 cm³/mol. The third-order valence-electron chi connectivity index (χ3n) is 1.25. The second-order valence-corrected chi connectivity index (χ2v) is 2.29. The van der Waals surface area contributed by atoms with Gasteiger partial charge in [-0.3, -0.25) is 0 Å². The Morgan fingerprint density at radius 3 is 3.08 bits per heavy atom. The number of amidine groups is 1. The van der Waals surface area contributed by atoms with Crippen LogP contribution in [0.3, 0.4) is 0 Å². The first kappa shape index (κ1) is 8.27. The number of rotatable bonds is 2. The second-order valence-electron chi connectivity index (χ2n) is 2.29. The Balaban J connectivity index is 2.64. The summed E-state index contributed by atoms with van der Waals surface area (Å²) in [6.45, 7) is 1.99. The lowest BCUT2D eigenvalue weighted by Gasteiger charge is -2.06. The van der Waals surface area contributed by atoms with Crippen LogP contribution in [0.1, 0.15) is 6.92 Å². The third-order valence-corrected chi connectivity index (χ3v) is 1.25. The molecule has 3 N–H and O–H groups in total. The Morgan fingerprint density at radius 1 is 1.83 bits per heavy atom. The lowest BCUT2D eigenvalue weighted by molar-refractivity contribution is 0.440. The fourth-order valence-corrected chi connectivity index (χ4v) is 0.611. The second kappa shape index (κ2) is 3.53. The molecule has 0 aliphatic carbocycles. The van der Waals surface area contributed by atoms with Gasteiger partial charge in [0.1, 0.15) is 0 Å². The van der Waals surface area contributed by atoms with Gasteiger partial charge >= 0.3 is 12.7 Å². The van der Waals surface area contributed by atoms with Crippen LogP contribution in [-0.4, -0.2) is 23.2 Å². The zero-order valence-corrected chi connectivity index (χ0v) is 6.78. The van der Waals surface area contributed by atoms with Gasteiger partial charge in [0.2, 0.25) is 0 Å². The van der Waals surface area contributed by atoms with Crippen LogP contribution in [0, 0.1) is 11.5 Å². The SMILES string of the molecule is CC(=N)/C(N)=N\N1C=CC#[N+]C1. The fourth-order valence-electron chi connectivity index (χ4n) is 0.611. The van der Waals surface area contributed by atoms with E-state index in [1.807, 2.05) is 0 Å². The Morgan fingerprint density at radius 2 is 2.58 bits per heavy atom. The largest absolute Gasteiger partial charge is 0.381 e. The summed E-state index contributed by atoms with van der Waals surface area (Å²) in [5.74, 6) is 0.205. The van der Waals surface area contributed by atoms with Crippen molar-refractivity contribution in [2.45, 2.75) is 6.92 Å². The first-order valence-electron chi connectivity index (χ1n) is 3.45. The van der Waals surface area contributed by atoms with Crippen LogP contribution in [0.4, 0.5) is 0 Å². The summed E-state index contributed by atoms with van der Waals surface area (Å²) in [7, 11) is 0. The van der Waals surface area contributed by atoms with Crippen LogP contribution in [0.2, 0.25) is 0 Å². The Labute approximate surface area is 70.5 Å². The first-order chi connectivity index (χ1) is 5.70. The number of allylic oxidation sites excluding steroid dienone is 1. The summed E-state index contributed by atoms with van der Waals surface area (Å²) >= 11 is 0. The quantitative estimate of drug-likeness (QED) is 0.458. The molecule has 62 valence electrons. The number of hydrazone groups is 1. The highest BCUT2D eigenvalue weighted by Gasteiger charge is 2.06. The van der Waals surface area contributed by atoms with Crippen LogP contribution >= 0.6 is 0 Å². The number of hydrogen-bond donors (Lipinski definition) is 2. The molecule has 0 aromatic carbocycles. The number of nitrogens with one attached hydrogen (secondary N) is 1. The predicted octanol–water partition coefficient (Wildman–Crippen LogP) is 0.418. The Bertz CT molecular complexity index is 303. The molecule has 1 aliphatic rings. The monoisotopic (exact) mass is 164 g/mol. The van der Waals surface area contributed by atoms with Crippen molar-refractivity contribution >= 4 is 11.5 Å². The molecule has 0 saturated heterocycles. The van der Waals surface area contributed by atoms with Crippen molar-refractivity contribution in [2.24, 2.45) is 10.8 Å². The van der Waals surface area contributed by atoms with Gasteiger partial charge in [-0.1, -0.05) is 4.85 Å². The average Bonchev–Trinajstić information content (AvgIpc) is 2.06. The lowest BCUT2D eigenvalue weighted by atomic mass is 10.4. The Hall–Kier alpha value is -1.83. The molecule has 0 aromatic rings. The van der Waals surface area contributed by atoms with E-state index >= 15 is 0 Å². The van der Waals surface area contributed by atoms with Gasteiger partial charge in [0.15, 0.2) is 5.84 Å². The van der Waals surface area contributed by atoms with Gasteiger partial charge in [-0.2, -0.15) is 5.01 Å². The highest BCUT2D eigenvalue weighted by atomic mass is 15.5. The molecule has 0 saturated carbocycles. The minimum Gasteiger partial charge on any atom is -0.381 e. The van der Waals surface area contributed by atoms with E-state index in [0.717, 1.165) is 0 Å². The van der Waals surface area contributed by atoms with Crippen molar-refractivity contribution in [2.75, 3.05) is 6.67 Å².